The van der Waals surface area contributed by atoms with E-state index < -0.39 is 0 Å². The highest BCUT2D eigenvalue weighted by Gasteiger charge is 2.21. The number of hydrogen-bond acceptors (Lipinski definition) is 3. The van der Waals surface area contributed by atoms with E-state index in [2.05, 4.69) is 22.1 Å². The Bertz CT molecular complexity index is 543. The predicted octanol–water partition coefficient (Wildman–Crippen LogP) is 2.80. The molecule has 0 unspecified atom stereocenters. The van der Waals surface area contributed by atoms with Crippen LogP contribution in [0.2, 0.25) is 0 Å². The highest BCUT2D eigenvalue weighted by Crippen LogP contribution is 2.18. The third kappa shape index (κ3) is 5.09. The molecule has 1 N–H and O–H groups in total. The average molecular weight is 337 g/mol. The van der Waals surface area contributed by atoms with Gasteiger partial charge in [0.15, 0.2) is 17.5 Å². The molecule has 0 aromatic heterocycles. The summed E-state index contributed by atoms with van der Waals surface area (Å²) >= 11 is 0. The first-order valence-electron chi connectivity index (χ1n) is 8.65. The number of halogens is 1. The number of ether oxygens (including phenoxy) is 2. The summed E-state index contributed by atoms with van der Waals surface area (Å²) in [6.45, 7) is 7.94. The van der Waals surface area contributed by atoms with Gasteiger partial charge < -0.3 is 19.7 Å². The number of benzene rings is 1. The van der Waals surface area contributed by atoms with E-state index >= 15 is 0 Å². The van der Waals surface area contributed by atoms with E-state index in [1.165, 1.54) is 13.2 Å². The van der Waals surface area contributed by atoms with Gasteiger partial charge in [-0.25, -0.2) is 9.38 Å². The number of aliphatic imine (C=N–C) groups is 1. The molecule has 1 fully saturated rings. The Kier molecular flexibility index (Phi) is 7.31. The number of hydrogen-bond donors (Lipinski definition) is 1. The fourth-order valence-corrected chi connectivity index (χ4v) is 2.87. The third-order valence-electron chi connectivity index (χ3n) is 4.11. The van der Waals surface area contributed by atoms with Gasteiger partial charge in [-0.2, -0.15) is 0 Å². The quantitative estimate of drug-likeness (QED) is 0.640. The van der Waals surface area contributed by atoms with Crippen molar-refractivity contribution in [3.63, 3.8) is 0 Å². The van der Waals surface area contributed by atoms with Crippen LogP contribution in [-0.4, -0.2) is 50.3 Å². The maximum Gasteiger partial charge on any atom is 0.194 e. The second-order valence-corrected chi connectivity index (χ2v) is 5.78. The van der Waals surface area contributed by atoms with Crippen molar-refractivity contribution in [2.75, 3.05) is 33.4 Å². The number of rotatable bonds is 6. The van der Waals surface area contributed by atoms with E-state index in [9.17, 15) is 4.39 Å². The van der Waals surface area contributed by atoms with Crippen LogP contribution in [0.4, 0.5) is 4.39 Å². The smallest absolute Gasteiger partial charge is 0.194 e. The van der Waals surface area contributed by atoms with Gasteiger partial charge in [0.1, 0.15) is 0 Å². The zero-order chi connectivity index (χ0) is 17.4. The van der Waals surface area contributed by atoms with Gasteiger partial charge in [0.2, 0.25) is 0 Å². The molecule has 24 heavy (non-hydrogen) atoms. The van der Waals surface area contributed by atoms with Crippen molar-refractivity contribution in [3.05, 3.63) is 29.6 Å². The van der Waals surface area contributed by atoms with E-state index in [0.717, 1.165) is 50.6 Å². The number of likely N-dealkylation sites (tertiary alicyclic amines) is 1. The van der Waals surface area contributed by atoms with Crippen LogP contribution in [0.1, 0.15) is 32.3 Å². The number of nitrogens with one attached hydrogen (secondary N) is 1. The standard InChI is InChI=1S/C18H28FN3O2/c1-4-20-18(22-10-8-15(9-11-22)24-5-2)21-13-14-6-7-17(23-3)16(19)12-14/h6-7,12,15H,4-5,8-11,13H2,1-3H3,(H,20,21). The lowest BCUT2D eigenvalue weighted by Gasteiger charge is -2.34. The van der Waals surface area contributed by atoms with Gasteiger partial charge >= 0.3 is 0 Å². The van der Waals surface area contributed by atoms with Crippen LogP contribution in [0, 0.1) is 5.82 Å². The lowest BCUT2D eigenvalue weighted by atomic mass is 10.1. The summed E-state index contributed by atoms with van der Waals surface area (Å²) in [6, 6.07) is 4.96. The predicted molar refractivity (Wildman–Crippen MR) is 94.0 cm³/mol. The fraction of sp³-hybridized carbons (Fsp3) is 0.611. The minimum absolute atomic E-state index is 0.257. The monoisotopic (exact) mass is 337 g/mol. The molecule has 0 amide bonds. The molecule has 6 heteroatoms. The van der Waals surface area contributed by atoms with Crippen molar-refractivity contribution in [2.45, 2.75) is 39.3 Å². The fourth-order valence-electron chi connectivity index (χ4n) is 2.87. The van der Waals surface area contributed by atoms with Crippen LogP contribution in [-0.2, 0) is 11.3 Å². The van der Waals surface area contributed by atoms with E-state index in [1.807, 2.05) is 13.0 Å². The highest BCUT2D eigenvalue weighted by atomic mass is 19.1. The number of nitrogens with zero attached hydrogens (tertiary/aromatic N) is 2. The van der Waals surface area contributed by atoms with E-state index in [-0.39, 0.29) is 11.6 Å². The van der Waals surface area contributed by atoms with Crippen LogP contribution < -0.4 is 10.1 Å². The molecule has 0 atom stereocenters. The summed E-state index contributed by atoms with van der Waals surface area (Å²) in [7, 11) is 1.46. The Morgan fingerprint density at radius 3 is 2.67 bits per heavy atom. The molecule has 0 aliphatic carbocycles. The van der Waals surface area contributed by atoms with Gasteiger partial charge in [-0.3, -0.25) is 0 Å². The average Bonchev–Trinajstić information content (AvgIpc) is 2.60. The van der Waals surface area contributed by atoms with Crippen molar-refractivity contribution in [1.82, 2.24) is 10.2 Å². The maximum absolute atomic E-state index is 13.8. The van der Waals surface area contributed by atoms with E-state index in [0.29, 0.717) is 12.6 Å². The number of guanidine groups is 1. The summed E-state index contributed by atoms with van der Waals surface area (Å²) in [5.41, 5.74) is 0.827. The Labute approximate surface area is 143 Å². The van der Waals surface area contributed by atoms with Crippen molar-refractivity contribution in [2.24, 2.45) is 4.99 Å². The molecule has 0 bridgehead atoms. The molecule has 1 aliphatic rings. The van der Waals surface area contributed by atoms with Crippen LogP contribution >= 0.6 is 0 Å². The van der Waals surface area contributed by atoms with Gasteiger partial charge in [0.05, 0.1) is 19.8 Å². The second kappa shape index (κ2) is 9.47. The summed E-state index contributed by atoms with van der Waals surface area (Å²) in [6.07, 6.45) is 2.37. The molecular formula is C18H28FN3O2. The van der Waals surface area contributed by atoms with Crippen molar-refractivity contribution < 1.29 is 13.9 Å². The molecule has 1 heterocycles. The van der Waals surface area contributed by atoms with Crippen molar-refractivity contribution in [3.8, 4) is 5.75 Å². The largest absolute Gasteiger partial charge is 0.494 e. The first-order valence-corrected chi connectivity index (χ1v) is 8.65. The Morgan fingerprint density at radius 1 is 1.33 bits per heavy atom. The van der Waals surface area contributed by atoms with Crippen LogP contribution in [0.3, 0.4) is 0 Å². The minimum atomic E-state index is -0.354. The molecule has 0 saturated carbocycles. The van der Waals surface area contributed by atoms with Gasteiger partial charge in [0.25, 0.3) is 0 Å². The van der Waals surface area contributed by atoms with Crippen LogP contribution in [0.25, 0.3) is 0 Å². The summed E-state index contributed by atoms with van der Waals surface area (Å²) in [4.78, 5) is 6.91. The minimum Gasteiger partial charge on any atom is -0.494 e. The Morgan fingerprint density at radius 2 is 2.08 bits per heavy atom. The SMILES string of the molecule is CCNC(=NCc1ccc(OC)c(F)c1)N1CCC(OCC)CC1. The zero-order valence-electron chi connectivity index (χ0n) is 14.8. The van der Waals surface area contributed by atoms with Gasteiger partial charge in [-0.1, -0.05) is 6.07 Å². The molecule has 134 valence electrons. The molecule has 1 aromatic carbocycles. The number of piperidine rings is 1. The molecule has 1 aliphatic heterocycles. The zero-order valence-corrected chi connectivity index (χ0v) is 14.8. The summed E-state index contributed by atoms with van der Waals surface area (Å²) in [5, 5.41) is 3.32. The molecule has 5 nitrogen and oxygen atoms in total. The Balaban J connectivity index is 1.99. The molecule has 2 rings (SSSR count). The highest BCUT2D eigenvalue weighted by molar-refractivity contribution is 5.80. The normalized spacial score (nSPS) is 16.3. The summed E-state index contributed by atoms with van der Waals surface area (Å²) < 4.78 is 24.4. The third-order valence-corrected chi connectivity index (χ3v) is 4.11. The van der Waals surface area contributed by atoms with E-state index in [1.54, 1.807) is 6.07 Å². The van der Waals surface area contributed by atoms with Crippen molar-refractivity contribution in [1.29, 1.82) is 0 Å². The van der Waals surface area contributed by atoms with Gasteiger partial charge in [-0.05, 0) is 44.4 Å². The number of methoxy groups -OCH3 is 1. The van der Waals surface area contributed by atoms with Crippen molar-refractivity contribution >= 4 is 5.96 Å². The second-order valence-electron chi connectivity index (χ2n) is 5.78. The van der Waals surface area contributed by atoms with Crippen LogP contribution in [0.5, 0.6) is 5.75 Å². The lowest BCUT2D eigenvalue weighted by molar-refractivity contribution is 0.0263. The topological polar surface area (TPSA) is 46.1 Å². The maximum atomic E-state index is 13.8. The first kappa shape index (κ1) is 18.5. The lowest BCUT2D eigenvalue weighted by Crippen LogP contribution is -2.47. The van der Waals surface area contributed by atoms with Crippen LogP contribution in [0.15, 0.2) is 23.2 Å². The van der Waals surface area contributed by atoms with Gasteiger partial charge in [-0.15, -0.1) is 0 Å². The molecule has 0 spiro atoms. The molecule has 0 radical (unpaired) electrons. The Hall–Kier alpha value is -1.82. The molecular weight excluding hydrogens is 309 g/mol. The first-order chi connectivity index (χ1) is 11.7. The molecule has 1 saturated heterocycles. The molecule has 1 aromatic rings. The van der Waals surface area contributed by atoms with E-state index in [4.69, 9.17) is 9.47 Å². The summed E-state index contributed by atoms with van der Waals surface area (Å²) in [5.74, 6) is 0.782. The van der Waals surface area contributed by atoms with Gasteiger partial charge in [0, 0.05) is 26.2 Å².